The lowest BCUT2D eigenvalue weighted by Gasteiger charge is -2.11. The Morgan fingerprint density at radius 1 is 1.12 bits per heavy atom. The summed E-state index contributed by atoms with van der Waals surface area (Å²) in [5, 5.41) is 1.83. The number of rotatable bonds is 6. The Hall–Kier alpha value is -2.53. The van der Waals surface area contributed by atoms with Gasteiger partial charge in [0, 0.05) is 11.5 Å². The van der Waals surface area contributed by atoms with Crippen LogP contribution in [0.4, 0.5) is 0 Å². The van der Waals surface area contributed by atoms with Crippen molar-refractivity contribution in [3.05, 3.63) is 54.6 Å². The normalized spacial score (nSPS) is 10.6. The van der Waals surface area contributed by atoms with Gasteiger partial charge in [-0.3, -0.25) is 4.79 Å². The summed E-state index contributed by atoms with van der Waals surface area (Å²) >= 11 is 1.38. The van der Waals surface area contributed by atoms with E-state index in [1.54, 1.807) is 14.0 Å². The molecule has 0 aliphatic rings. The fourth-order valence-corrected chi connectivity index (χ4v) is 3.29. The topological polar surface area (TPSA) is 48.4 Å². The number of ether oxygens (including phenoxy) is 2. The van der Waals surface area contributed by atoms with Gasteiger partial charge in [0.25, 0.3) is 0 Å². The van der Waals surface area contributed by atoms with Crippen molar-refractivity contribution in [3.63, 3.8) is 0 Å². The predicted octanol–water partition coefficient (Wildman–Crippen LogP) is 4.57. The highest BCUT2D eigenvalue weighted by atomic mass is 32.2. The standard InChI is InChI=1S/C20H19NO3S/c1-3-24-20(22)13-25-19-12-17(14-7-5-4-6-8-14)16-10-9-15(23-2)11-18(16)21-19/h4-12H,3,13H2,1-2H3. The summed E-state index contributed by atoms with van der Waals surface area (Å²) in [6.07, 6.45) is 0. The van der Waals surface area contributed by atoms with Crippen molar-refractivity contribution in [2.75, 3.05) is 19.5 Å². The molecule has 3 rings (SSSR count). The molecule has 0 fully saturated rings. The molecule has 0 N–H and O–H groups in total. The van der Waals surface area contributed by atoms with Crippen molar-refractivity contribution in [1.82, 2.24) is 4.98 Å². The maximum Gasteiger partial charge on any atom is 0.316 e. The number of carbonyl (C=O) groups excluding carboxylic acids is 1. The molecule has 1 heterocycles. The van der Waals surface area contributed by atoms with E-state index in [0.29, 0.717) is 6.61 Å². The Labute approximate surface area is 151 Å². The number of pyridine rings is 1. The molecule has 0 amide bonds. The van der Waals surface area contributed by atoms with Gasteiger partial charge in [-0.2, -0.15) is 0 Å². The van der Waals surface area contributed by atoms with E-state index in [1.165, 1.54) is 11.8 Å². The molecule has 0 atom stereocenters. The first-order valence-corrected chi connectivity index (χ1v) is 9.02. The molecule has 0 unspecified atom stereocenters. The smallest absolute Gasteiger partial charge is 0.316 e. The van der Waals surface area contributed by atoms with E-state index in [-0.39, 0.29) is 11.7 Å². The summed E-state index contributed by atoms with van der Waals surface area (Å²) in [5.41, 5.74) is 3.03. The van der Waals surface area contributed by atoms with Crippen LogP contribution < -0.4 is 4.74 Å². The molecule has 2 aromatic carbocycles. The second-order valence-corrected chi connectivity index (χ2v) is 6.35. The van der Waals surface area contributed by atoms with Crippen LogP contribution in [0.25, 0.3) is 22.0 Å². The average molecular weight is 353 g/mol. The first kappa shape index (κ1) is 17.3. The SMILES string of the molecule is CCOC(=O)CSc1cc(-c2ccccc2)c2ccc(OC)cc2n1. The summed E-state index contributed by atoms with van der Waals surface area (Å²) in [4.78, 5) is 16.3. The van der Waals surface area contributed by atoms with Crippen LogP contribution in [-0.4, -0.2) is 30.4 Å². The Morgan fingerprint density at radius 3 is 2.64 bits per heavy atom. The highest BCUT2D eigenvalue weighted by Crippen LogP contribution is 2.33. The number of carbonyl (C=O) groups is 1. The number of thioether (sulfide) groups is 1. The fourth-order valence-electron chi connectivity index (χ4n) is 2.58. The van der Waals surface area contributed by atoms with E-state index in [2.05, 4.69) is 17.1 Å². The lowest BCUT2D eigenvalue weighted by Crippen LogP contribution is -2.06. The van der Waals surface area contributed by atoms with Crippen LogP contribution in [-0.2, 0) is 9.53 Å². The summed E-state index contributed by atoms with van der Waals surface area (Å²) in [5.74, 6) is 0.762. The number of hydrogen-bond acceptors (Lipinski definition) is 5. The number of benzene rings is 2. The lowest BCUT2D eigenvalue weighted by molar-refractivity contribution is -0.139. The molecule has 0 aliphatic heterocycles. The molecular formula is C20H19NO3S. The van der Waals surface area contributed by atoms with E-state index >= 15 is 0 Å². The summed E-state index contributed by atoms with van der Waals surface area (Å²) in [6.45, 7) is 2.19. The molecule has 1 aromatic heterocycles. The molecule has 0 saturated carbocycles. The van der Waals surface area contributed by atoms with Crippen LogP contribution in [0.15, 0.2) is 59.6 Å². The Kier molecular flexibility index (Phi) is 5.56. The third-order valence-electron chi connectivity index (χ3n) is 3.72. The molecule has 3 aromatic rings. The van der Waals surface area contributed by atoms with Crippen molar-refractivity contribution < 1.29 is 14.3 Å². The van der Waals surface area contributed by atoms with Gasteiger partial charge >= 0.3 is 5.97 Å². The highest BCUT2D eigenvalue weighted by molar-refractivity contribution is 7.99. The quantitative estimate of drug-likeness (QED) is 0.480. The van der Waals surface area contributed by atoms with Gasteiger partial charge in [0.05, 0.1) is 30.0 Å². The van der Waals surface area contributed by atoms with Crippen molar-refractivity contribution >= 4 is 28.6 Å². The van der Waals surface area contributed by atoms with Crippen molar-refractivity contribution in [2.45, 2.75) is 11.9 Å². The maximum absolute atomic E-state index is 11.6. The van der Waals surface area contributed by atoms with Crippen LogP contribution in [0, 0.1) is 0 Å². The highest BCUT2D eigenvalue weighted by Gasteiger charge is 2.11. The minimum Gasteiger partial charge on any atom is -0.497 e. The number of aromatic nitrogens is 1. The second-order valence-electron chi connectivity index (χ2n) is 5.35. The number of nitrogens with zero attached hydrogens (tertiary/aromatic N) is 1. The van der Waals surface area contributed by atoms with E-state index in [1.807, 2.05) is 42.5 Å². The second kappa shape index (κ2) is 8.03. The van der Waals surface area contributed by atoms with Crippen molar-refractivity contribution in [1.29, 1.82) is 0 Å². The minimum atomic E-state index is -0.235. The van der Waals surface area contributed by atoms with E-state index < -0.39 is 0 Å². The lowest BCUT2D eigenvalue weighted by atomic mass is 10.0. The monoisotopic (exact) mass is 353 g/mol. The first-order valence-electron chi connectivity index (χ1n) is 8.04. The zero-order valence-corrected chi connectivity index (χ0v) is 15.0. The van der Waals surface area contributed by atoms with Gasteiger partial charge in [-0.05, 0) is 36.2 Å². The van der Waals surface area contributed by atoms with Gasteiger partial charge in [-0.1, -0.05) is 42.1 Å². The number of esters is 1. The van der Waals surface area contributed by atoms with Crippen LogP contribution in [0.5, 0.6) is 5.75 Å². The molecule has 0 saturated heterocycles. The third kappa shape index (κ3) is 4.12. The maximum atomic E-state index is 11.6. The zero-order valence-electron chi connectivity index (χ0n) is 14.2. The van der Waals surface area contributed by atoms with Crippen molar-refractivity contribution in [2.24, 2.45) is 0 Å². The van der Waals surface area contributed by atoms with Gasteiger partial charge in [-0.15, -0.1) is 0 Å². The molecular weight excluding hydrogens is 334 g/mol. The molecule has 5 heteroatoms. The van der Waals surface area contributed by atoms with Crippen LogP contribution in [0.3, 0.4) is 0 Å². The molecule has 0 radical (unpaired) electrons. The summed E-state index contributed by atoms with van der Waals surface area (Å²) in [6, 6.07) is 18.0. The molecule has 0 spiro atoms. The molecule has 4 nitrogen and oxygen atoms in total. The third-order valence-corrected chi connectivity index (χ3v) is 4.61. The van der Waals surface area contributed by atoms with Crippen LogP contribution in [0.1, 0.15) is 6.92 Å². The molecule has 128 valence electrons. The molecule has 25 heavy (non-hydrogen) atoms. The fraction of sp³-hybridized carbons (Fsp3) is 0.200. The van der Waals surface area contributed by atoms with Crippen LogP contribution in [0.2, 0.25) is 0 Å². The Bertz CT molecular complexity index is 881. The average Bonchev–Trinajstić information content (AvgIpc) is 2.66. The summed E-state index contributed by atoms with van der Waals surface area (Å²) in [7, 11) is 1.64. The van der Waals surface area contributed by atoms with Gasteiger partial charge in [-0.25, -0.2) is 4.98 Å². The predicted molar refractivity (Wildman–Crippen MR) is 101 cm³/mol. The minimum absolute atomic E-state index is 0.235. The van der Waals surface area contributed by atoms with Crippen molar-refractivity contribution in [3.8, 4) is 16.9 Å². The van der Waals surface area contributed by atoms with Gasteiger partial charge in [0.1, 0.15) is 5.75 Å². The van der Waals surface area contributed by atoms with Gasteiger partial charge < -0.3 is 9.47 Å². The zero-order chi connectivity index (χ0) is 17.6. The van der Waals surface area contributed by atoms with E-state index in [9.17, 15) is 4.79 Å². The van der Waals surface area contributed by atoms with E-state index in [0.717, 1.165) is 32.8 Å². The van der Waals surface area contributed by atoms with Crippen LogP contribution >= 0.6 is 11.8 Å². The van der Waals surface area contributed by atoms with E-state index in [4.69, 9.17) is 9.47 Å². The molecule has 0 bridgehead atoms. The van der Waals surface area contributed by atoms with Gasteiger partial charge in [0.15, 0.2) is 0 Å². The first-order chi connectivity index (χ1) is 12.2. The number of fused-ring (bicyclic) bond motifs is 1. The largest absolute Gasteiger partial charge is 0.497 e. The Morgan fingerprint density at radius 2 is 1.92 bits per heavy atom. The number of hydrogen-bond donors (Lipinski definition) is 0. The molecule has 0 aliphatic carbocycles. The Balaban J connectivity index is 2.04. The van der Waals surface area contributed by atoms with Gasteiger partial charge in [0.2, 0.25) is 0 Å². The number of methoxy groups -OCH3 is 1. The summed E-state index contributed by atoms with van der Waals surface area (Å²) < 4.78 is 10.3.